The van der Waals surface area contributed by atoms with Crippen LogP contribution in [-0.2, 0) is 4.79 Å². The van der Waals surface area contributed by atoms with Gasteiger partial charge in [0.15, 0.2) is 5.78 Å². The number of likely N-dealkylation sites (N-methyl/N-ethyl adjacent to an activating group) is 1. The molecule has 0 aliphatic rings. The fourth-order valence-corrected chi connectivity index (χ4v) is 1.50. The van der Waals surface area contributed by atoms with Crippen LogP contribution in [0.2, 0.25) is 0 Å². The van der Waals surface area contributed by atoms with Gasteiger partial charge in [-0.1, -0.05) is 6.92 Å². The zero-order valence-corrected chi connectivity index (χ0v) is 9.95. The number of carbonyl (C=O) groups is 2. The molecule has 1 rings (SSSR count). The topological polar surface area (TPSA) is 63.4 Å². The summed E-state index contributed by atoms with van der Waals surface area (Å²) in [5.41, 5.74) is 4.69. The molecule has 0 unspecified atom stereocenters. The maximum absolute atomic E-state index is 13.3. The fourth-order valence-electron chi connectivity index (χ4n) is 1.50. The fraction of sp³-hybridized carbons (Fsp3) is 0.333. The van der Waals surface area contributed by atoms with Gasteiger partial charge in [-0.05, 0) is 24.7 Å². The number of benzene rings is 1. The number of rotatable bonds is 6. The number of halogens is 2. The highest BCUT2D eigenvalue weighted by molar-refractivity contribution is 5.98. The van der Waals surface area contributed by atoms with Crippen LogP contribution in [0.15, 0.2) is 18.2 Å². The Morgan fingerprint density at radius 1 is 1.28 bits per heavy atom. The average Bonchev–Trinajstić information content (AvgIpc) is 2.30. The van der Waals surface area contributed by atoms with Crippen LogP contribution >= 0.6 is 0 Å². The van der Waals surface area contributed by atoms with E-state index in [4.69, 9.17) is 5.73 Å². The zero-order chi connectivity index (χ0) is 13.7. The van der Waals surface area contributed by atoms with Gasteiger partial charge in [0.2, 0.25) is 5.91 Å². The first-order chi connectivity index (χ1) is 8.43. The Morgan fingerprint density at radius 3 is 2.50 bits per heavy atom. The van der Waals surface area contributed by atoms with Gasteiger partial charge in [-0.3, -0.25) is 14.5 Å². The van der Waals surface area contributed by atoms with Crippen molar-refractivity contribution >= 4 is 11.7 Å². The van der Waals surface area contributed by atoms with Crippen LogP contribution in [0.3, 0.4) is 0 Å². The molecule has 0 fully saturated rings. The lowest BCUT2D eigenvalue weighted by atomic mass is 10.1. The lowest BCUT2D eigenvalue weighted by Crippen LogP contribution is -2.37. The summed E-state index contributed by atoms with van der Waals surface area (Å²) < 4.78 is 26.3. The van der Waals surface area contributed by atoms with E-state index in [0.717, 1.165) is 18.2 Å². The molecule has 0 spiro atoms. The standard InChI is InChI=1S/C12H14F2N2O2/c1-2-16(7-12(15)18)6-11(17)9-5-8(13)3-4-10(9)14/h3-5H,2,6-7H2,1H3,(H2,15,18). The maximum atomic E-state index is 13.3. The van der Waals surface area contributed by atoms with E-state index < -0.39 is 23.3 Å². The van der Waals surface area contributed by atoms with Gasteiger partial charge in [0.1, 0.15) is 11.6 Å². The molecule has 1 amide bonds. The van der Waals surface area contributed by atoms with Crippen molar-refractivity contribution in [3.8, 4) is 0 Å². The van der Waals surface area contributed by atoms with Gasteiger partial charge in [-0.2, -0.15) is 0 Å². The normalized spacial score (nSPS) is 10.7. The van der Waals surface area contributed by atoms with Gasteiger partial charge >= 0.3 is 0 Å². The average molecular weight is 256 g/mol. The highest BCUT2D eigenvalue weighted by atomic mass is 19.1. The molecule has 4 nitrogen and oxygen atoms in total. The predicted octanol–water partition coefficient (Wildman–Crippen LogP) is 0.955. The summed E-state index contributed by atoms with van der Waals surface area (Å²) in [4.78, 5) is 24.0. The smallest absolute Gasteiger partial charge is 0.231 e. The van der Waals surface area contributed by atoms with E-state index in [1.165, 1.54) is 4.90 Å². The van der Waals surface area contributed by atoms with Crippen LogP contribution in [0, 0.1) is 11.6 Å². The second-order valence-corrected chi connectivity index (χ2v) is 3.82. The van der Waals surface area contributed by atoms with Crippen molar-refractivity contribution in [2.75, 3.05) is 19.6 Å². The Bertz CT molecular complexity index is 463. The summed E-state index contributed by atoms with van der Waals surface area (Å²) in [7, 11) is 0. The van der Waals surface area contributed by atoms with Crippen molar-refractivity contribution in [3.63, 3.8) is 0 Å². The first-order valence-corrected chi connectivity index (χ1v) is 5.43. The number of hydrogen-bond acceptors (Lipinski definition) is 3. The Balaban J connectivity index is 2.80. The number of ketones is 1. The molecular weight excluding hydrogens is 242 g/mol. The molecule has 98 valence electrons. The van der Waals surface area contributed by atoms with E-state index >= 15 is 0 Å². The van der Waals surface area contributed by atoms with E-state index in [2.05, 4.69) is 0 Å². The molecule has 6 heteroatoms. The van der Waals surface area contributed by atoms with Crippen LogP contribution in [0.25, 0.3) is 0 Å². The number of nitrogens with zero attached hydrogens (tertiary/aromatic N) is 1. The summed E-state index contributed by atoms with van der Waals surface area (Å²) in [6.45, 7) is 1.86. The predicted molar refractivity (Wildman–Crippen MR) is 62.0 cm³/mol. The molecule has 0 atom stereocenters. The van der Waals surface area contributed by atoms with Gasteiger partial charge in [-0.15, -0.1) is 0 Å². The number of nitrogens with two attached hydrogens (primary N) is 1. The molecule has 0 aliphatic heterocycles. The monoisotopic (exact) mass is 256 g/mol. The summed E-state index contributed by atoms with van der Waals surface area (Å²) in [6.07, 6.45) is 0. The molecule has 1 aromatic rings. The third-order valence-electron chi connectivity index (χ3n) is 2.42. The molecule has 0 bridgehead atoms. The number of hydrogen-bond donors (Lipinski definition) is 1. The molecule has 18 heavy (non-hydrogen) atoms. The lowest BCUT2D eigenvalue weighted by Gasteiger charge is -2.17. The van der Waals surface area contributed by atoms with Crippen molar-refractivity contribution in [2.45, 2.75) is 6.92 Å². The SMILES string of the molecule is CCN(CC(N)=O)CC(=O)c1cc(F)ccc1F. The number of amides is 1. The van der Waals surface area contributed by atoms with Crippen LogP contribution in [0.4, 0.5) is 8.78 Å². The minimum atomic E-state index is -0.781. The second kappa shape index (κ2) is 6.20. The van der Waals surface area contributed by atoms with E-state index in [1.54, 1.807) is 6.92 Å². The van der Waals surface area contributed by atoms with E-state index in [-0.39, 0.29) is 18.7 Å². The van der Waals surface area contributed by atoms with Crippen LogP contribution in [0.5, 0.6) is 0 Å². The maximum Gasteiger partial charge on any atom is 0.231 e. The van der Waals surface area contributed by atoms with E-state index in [0.29, 0.717) is 6.54 Å². The molecule has 0 saturated heterocycles. The second-order valence-electron chi connectivity index (χ2n) is 3.82. The largest absolute Gasteiger partial charge is 0.369 e. The molecule has 0 heterocycles. The first-order valence-electron chi connectivity index (χ1n) is 5.43. The Labute approximate surface area is 103 Å². The Morgan fingerprint density at radius 2 is 1.94 bits per heavy atom. The first kappa shape index (κ1) is 14.2. The molecule has 0 saturated carbocycles. The third kappa shape index (κ3) is 3.89. The molecule has 1 aromatic carbocycles. The minimum absolute atomic E-state index is 0.0980. The highest BCUT2D eigenvalue weighted by Gasteiger charge is 2.16. The summed E-state index contributed by atoms with van der Waals surface area (Å²) >= 11 is 0. The van der Waals surface area contributed by atoms with Crippen LogP contribution < -0.4 is 5.73 Å². The third-order valence-corrected chi connectivity index (χ3v) is 2.42. The number of Topliss-reactive ketones (excluding diaryl/α,β-unsaturated/α-hetero) is 1. The summed E-state index contributed by atoms with van der Waals surface area (Å²) in [6, 6.07) is 2.68. The number of carbonyl (C=O) groups excluding carboxylic acids is 2. The van der Waals surface area contributed by atoms with E-state index in [1.807, 2.05) is 0 Å². The van der Waals surface area contributed by atoms with Crippen molar-refractivity contribution in [1.82, 2.24) is 4.90 Å². The highest BCUT2D eigenvalue weighted by Crippen LogP contribution is 2.11. The minimum Gasteiger partial charge on any atom is -0.369 e. The van der Waals surface area contributed by atoms with Crippen LogP contribution in [0.1, 0.15) is 17.3 Å². The summed E-state index contributed by atoms with van der Waals surface area (Å²) in [5, 5.41) is 0. The molecule has 0 aliphatic carbocycles. The van der Waals surface area contributed by atoms with E-state index in [9.17, 15) is 18.4 Å². The van der Waals surface area contributed by atoms with Crippen molar-refractivity contribution < 1.29 is 18.4 Å². The number of primary amides is 1. The lowest BCUT2D eigenvalue weighted by molar-refractivity contribution is -0.118. The van der Waals surface area contributed by atoms with Crippen molar-refractivity contribution in [3.05, 3.63) is 35.4 Å². The zero-order valence-electron chi connectivity index (χ0n) is 9.95. The Hall–Kier alpha value is -1.82. The van der Waals surface area contributed by atoms with Gasteiger partial charge in [0.05, 0.1) is 18.7 Å². The molecule has 0 radical (unpaired) electrons. The van der Waals surface area contributed by atoms with Crippen molar-refractivity contribution in [2.24, 2.45) is 5.73 Å². The quantitative estimate of drug-likeness (QED) is 0.771. The molecule has 0 aromatic heterocycles. The van der Waals surface area contributed by atoms with Crippen LogP contribution in [-0.4, -0.2) is 36.2 Å². The Kier molecular flexibility index (Phi) is 4.91. The van der Waals surface area contributed by atoms with Crippen molar-refractivity contribution in [1.29, 1.82) is 0 Å². The summed E-state index contributed by atoms with van der Waals surface area (Å²) in [5.74, 6) is -2.63. The van der Waals surface area contributed by atoms with Gasteiger partial charge < -0.3 is 5.73 Å². The van der Waals surface area contributed by atoms with Gasteiger partial charge in [-0.25, -0.2) is 8.78 Å². The van der Waals surface area contributed by atoms with Gasteiger partial charge in [0, 0.05) is 0 Å². The molecular formula is C12H14F2N2O2. The molecule has 2 N–H and O–H groups in total. The van der Waals surface area contributed by atoms with Gasteiger partial charge in [0.25, 0.3) is 0 Å².